The van der Waals surface area contributed by atoms with Crippen LogP contribution in [0.4, 0.5) is 4.39 Å². The first kappa shape index (κ1) is 17.8. The molecule has 1 atom stereocenters. The van der Waals surface area contributed by atoms with Crippen molar-refractivity contribution in [1.29, 1.82) is 0 Å². The van der Waals surface area contributed by atoms with Crippen LogP contribution in [-0.2, 0) is 18.4 Å². The van der Waals surface area contributed by atoms with E-state index < -0.39 is 6.04 Å². The molecule has 1 amide bonds. The Hall–Kier alpha value is -3.03. The van der Waals surface area contributed by atoms with E-state index >= 15 is 0 Å². The number of carbonyl (C=O) groups is 1. The summed E-state index contributed by atoms with van der Waals surface area (Å²) in [5.41, 5.74) is 2.05. The third kappa shape index (κ3) is 3.22. The molecule has 0 saturated heterocycles. The smallest absolute Gasteiger partial charge is 0.293 e. The minimum absolute atomic E-state index is 0.223. The molecule has 0 spiro atoms. The summed E-state index contributed by atoms with van der Waals surface area (Å²) < 4.78 is 16.0. The van der Waals surface area contributed by atoms with E-state index in [1.807, 2.05) is 6.92 Å². The predicted molar refractivity (Wildman–Crippen MR) is 95.2 cm³/mol. The Morgan fingerprint density at radius 1 is 1.27 bits per heavy atom. The van der Waals surface area contributed by atoms with Gasteiger partial charge < -0.3 is 5.32 Å². The minimum Gasteiger partial charge on any atom is -0.348 e. The largest absolute Gasteiger partial charge is 0.348 e. The van der Waals surface area contributed by atoms with Gasteiger partial charge in [-0.3, -0.25) is 14.3 Å². The number of nitrogens with zero attached hydrogens (tertiary/aromatic N) is 4. The lowest BCUT2D eigenvalue weighted by Crippen LogP contribution is -2.35. The predicted octanol–water partition coefficient (Wildman–Crippen LogP) is 1.76. The number of halogens is 1. The van der Waals surface area contributed by atoms with Crippen molar-refractivity contribution in [3.8, 4) is 0 Å². The van der Waals surface area contributed by atoms with Crippen LogP contribution in [0.3, 0.4) is 0 Å². The van der Waals surface area contributed by atoms with Crippen molar-refractivity contribution in [2.45, 2.75) is 33.4 Å². The van der Waals surface area contributed by atoms with Gasteiger partial charge in [-0.05, 0) is 38.5 Å². The molecule has 0 bridgehead atoms. The quantitative estimate of drug-likeness (QED) is 0.771. The lowest BCUT2D eigenvalue weighted by molar-refractivity contribution is -0.122. The number of aromatic nitrogens is 4. The van der Waals surface area contributed by atoms with Crippen molar-refractivity contribution in [2.75, 3.05) is 0 Å². The molecule has 2 heterocycles. The van der Waals surface area contributed by atoms with Gasteiger partial charge in [0.15, 0.2) is 0 Å². The van der Waals surface area contributed by atoms with E-state index in [1.54, 1.807) is 33.0 Å². The molecule has 1 aromatic carbocycles. The van der Waals surface area contributed by atoms with Crippen molar-refractivity contribution in [3.05, 3.63) is 57.4 Å². The first-order valence-electron chi connectivity index (χ1n) is 8.23. The first-order valence-corrected chi connectivity index (χ1v) is 8.23. The third-order valence-corrected chi connectivity index (χ3v) is 4.31. The van der Waals surface area contributed by atoms with Crippen LogP contribution in [0, 0.1) is 19.7 Å². The van der Waals surface area contributed by atoms with Crippen LogP contribution in [0.15, 0.2) is 29.1 Å². The summed E-state index contributed by atoms with van der Waals surface area (Å²) >= 11 is 0. The van der Waals surface area contributed by atoms with Gasteiger partial charge in [-0.1, -0.05) is 12.1 Å². The Labute approximate surface area is 149 Å². The maximum Gasteiger partial charge on any atom is 0.293 e. The Morgan fingerprint density at radius 3 is 2.65 bits per heavy atom. The van der Waals surface area contributed by atoms with Crippen LogP contribution in [-0.4, -0.2) is 25.5 Å². The second kappa shape index (κ2) is 6.70. The van der Waals surface area contributed by atoms with Crippen LogP contribution in [0.1, 0.15) is 29.9 Å². The summed E-state index contributed by atoms with van der Waals surface area (Å²) in [6.07, 6.45) is 0. The second-order valence-electron chi connectivity index (χ2n) is 6.33. The number of hydrogen-bond acceptors (Lipinski definition) is 4. The highest BCUT2D eigenvalue weighted by atomic mass is 19.1. The molecule has 1 unspecified atom stereocenters. The summed E-state index contributed by atoms with van der Waals surface area (Å²) in [4.78, 5) is 25.0. The number of amides is 1. The summed E-state index contributed by atoms with van der Waals surface area (Å²) in [6, 6.07) is 5.63. The fourth-order valence-electron chi connectivity index (χ4n) is 3.12. The summed E-state index contributed by atoms with van der Waals surface area (Å²) in [5.74, 6) is -0.747. The Kier molecular flexibility index (Phi) is 4.58. The van der Waals surface area contributed by atoms with Gasteiger partial charge in [0, 0.05) is 7.05 Å². The molecule has 0 saturated carbocycles. The lowest BCUT2D eigenvalue weighted by Gasteiger charge is -2.15. The zero-order valence-electron chi connectivity index (χ0n) is 15.1. The van der Waals surface area contributed by atoms with Gasteiger partial charge in [0.25, 0.3) is 5.56 Å². The van der Waals surface area contributed by atoms with Crippen molar-refractivity contribution in [1.82, 2.24) is 24.9 Å². The van der Waals surface area contributed by atoms with Gasteiger partial charge in [0.05, 0.1) is 22.8 Å². The molecule has 0 radical (unpaired) electrons. The van der Waals surface area contributed by atoms with Gasteiger partial charge in [0.1, 0.15) is 17.9 Å². The van der Waals surface area contributed by atoms with E-state index in [0.717, 1.165) is 10.4 Å². The maximum absolute atomic E-state index is 13.3. The Morgan fingerprint density at radius 2 is 1.96 bits per heavy atom. The van der Waals surface area contributed by atoms with E-state index in [1.165, 1.54) is 16.8 Å². The zero-order valence-corrected chi connectivity index (χ0v) is 15.1. The summed E-state index contributed by atoms with van der Waals surface area (Å²) in [5, 5.41) is 12.0. The molecule has 1 N–H and O–H groups in total. The van der Waals surface area contributed by atoms with Crippen LogP contribution >= 0.6 is 0 Å². The van der Waals surface area contributed by atoms with E-state index in [4.69, 9.17) is 0 Å². The molecule has 0 fully saturated rings. The van der Waals surface area contributed by atoms with E-state index in [2.05, 4.69) is 15.5 Å². The molecule has 8 heteroatoms. The number of rotatable bonds is 4. The minimum atomic E-state index is -0.391. The highest BCUT2D eigenvalue weighted by molar-refractivity contribution is 5.83. The van der Waals surface area contributed by atoms with Gasteiger partial charge in [-0.25, -0.2) is 9.07 Å². The van der Waals surface area contributed by atoms with E-state index in [-0.39, 0.29) is 23.8 Å². The number of carbonyl (C=O) groups excluding carboxylic acids is 1. The molecule has 0 aliphatic rings. The molecule has 7 nitrogen and oxygen atoms in total. The van der Waals surface area contributed by atoms with Crippen molar-refractivity contribution in [3.63, 3.8) is 0 Å². The molecule has 136 valence electrons. The number of nitrogens with one attached hydrogen (secondary N) is 1. The number of aryl methyl sites for hydroxylation is 3. The average Bonchev–Trinajstić information content (AvgIpc) is 2.87. The lowest BCUT2D eigenvalue weighted by atomic mass is 10.1. The van der Waals surface area contributed by atoms with Crippen LogP contribution in [0.2, 0.25) is 0 Å². The normalized spacial score (nSPS) is 12.3. The standard InChI is InChI=1S/C18H20FN5O2/c1-10(13-6-5-7-14(19)8-13)20-15(25)9-24-18(26)17-16(12(3)22-24)11(2)21-23(17)4/h5-8,10H,9H2,1-4H3,(H,20,25). The fourth-order valence-corrected chi connectivity index (χ4v) is 3.12. The first-order chi connectivity index (χ1) is 12.3. The van der Waals surface area contributed by atoms with Crippen molar-refractivity contribution in [2.24, 2.45) is 7.05 Å². The number of hydrogen-bond donors (Lipinski definition) is 1. The fraction of sp³-hybridized carbons (Fsp3) is 0.333. The SMILES string of the molecule is Cc1nn(CC(=O)NC(C)c2cccc(F)c2)c(=O)c2c1c(C)nn2C. The van der Waals surface area contributed by atoms with Crippen molar-refractivity contribution < 1.29 is 9.18 Å². The topological polar surface area (TPSA) is 81.8 Å². The van der Waals surface area contributed by atoms with Crippen LogP contribution in [0.5, 0.6) is 0 Å². The average molecular weight is 357 g/mol. The molecule has 3 aromatic rings. The highest BCUT2D eigenvalue weighted by Crippen LogP contribution is 2.16. The summed E-state index contributed by atoms with van der Waals surface area (Å²) in [6.45, 7) is 5.12. The number of fused-ring (bicyclic) bond motifs is 1. The van der Waals surface area contributed by atoms with Gasteiger partial charge in [-0.15, -0.1) is 0 Å². The Bertz CT molecular complexity index is 1050. The second-order valence-corrected chi connectivity index (χ2v) is 6.33. The van der Waals surface area contributed by atoms with Gasteiger partial charge in [0.2, 0.25) is 5.91 Å². The van der Waals surface area contributed by atoms with Gasteiger partial charge in [-0.2, -0.15) is 10.2 Å². The van der Waals surface area contributed by atoms with Crippen LogP contribution in [0.25, 0.3) is 10.9 Å². The van der Waals surface area contributed by atoms with Crippen molar-refractivity contribution >= 4 is 16.8 Å². The molecule has 2 aromatic heterocycles. The Balaban J connectivity index is 1.85. The summed E-state index contributed by atoms with van der Waals surface area (Å²) in [7, 11) is 1.69. The van der Waals surface area contributed by atoms with Crippen LogP contribution < -0.4 is 10.9 Å². The molecule has 0 aliphatic carbocycles. The molecule has 0 aliphatic heterocycles. The maximum atomic E-state index is 13.3. The highest BCUT2D eigenvalue weighted by Gasteiger charge is 2.18. The number of benzene rings is 1. The third-order valence-electron chi connectivity index (χ3n) is 4.31. The molecule has 3 rings (SSSR count). The molecule has 26 heavy (non-hydrogen) atoms. The molecular weight excluding hydrogens is 337 g/mol. The van der Waals surface area contributed by atoms with Gasteiger partial charge >= 0.3 is 0 Å². The molecular formula is C18H20FN5O2. The zero-order chi connectivity index (χ0) is 19.0. The van der Waals surface area contributed by atoms with E-state index in [0.29, 0.717) is 22.2 Å². The van der Waals surface area contributed by atoms with E-state index in [9.17, 15) is 14.0 Å². The monoisotopic (exact) mass is 357 g/mol.